The summed E-state index contributed by atoms with van der Waals surface area (Å²) < 4.78 is 22.9. The van der Waals surface area contributed by atoms with Crippen molar-refractivity contribution in [2.45, 2.75) is 30.7 Å². The van der Waals surface area contributed by atoms with E-state index in [-0.39, 0.29) is 10.8 Å². The predicted molar refractivity (Wildman–Crippen MR) is 76.4 cm³/mol. The van der Waals surface area contributed by atoms with Crippen LogP contribution in [0.3, 0.4) is 0 Å². The average Bonchev–Trinajstić information content (AvgIpc) is 2.37. The van der Waals surface area contributed by atoms with Gasteiger partial charge in [-0.3, -0.25) is 4.79 Å². The van der Waals surface area contributed by atoms with E-state index >= 15 is 0 Å². The summed E-state index contributed by atoms with van der Waals surface area (Å²) in [5.41, 5.74) is -0.188. The van der Waals surface area contributed by atoms with Crippen molar-refractivity contribution in [3.8, 4) is 0 Å². The van der Waals surface area contributed by atoms with Crippen LogP contribution in [0.1, 0.15) is 30.6 Å². The van der Waals surface area contributed by atoms with E-state index in [4.69, 9.17) is 11.6 Å². The second-order valence-corrected chi connectivity index (χ2v) is 7.08. The van der Waals surface area contributed by atoms with Gasteiger partial charge in [-0.15, -0.1) is 11.6 Å². The van der Waals surface area contributed by atoms with Crippen molar-refractivity contribution in [2.24, 2.45) is 0 Å². The Morgan fingerprint density at radius 2 is 2.05 bits per heavy atom. The van der Waals surface area contributed by atoms with Crippen molar-refractivity contribution in [3.05, 3.63) is 29.8 Å². The summed E-state index contributed by atoms with van der Waals surface area (Å²) in [7, 11) is -3.32. The standard InChI is InChI=1S/C13H18ClNO3S/c1-4-13(2,9-14)15-12(16)10-6-5-7-11(8-10)19(3,17)18/h5-8H,4,9H2,1-3H3,(H,15,16). The molecule has 106 valence electrons. The lowest BCUT2D eigenvalue weighted by molar-refractivity contribution is 0.0912. The number of sulfone groups is 1. The summed E-state index contributed by atoms with van der Waals surface area (Å²) >= 11 is 5.83. The summed E-state index contributed by atoms with van der Waals surface area (Å²) in [6.07, 6.45) is 1.80. The molecule has 0 spiro atoms. The SMILES string of the molecule is CCC(C)(CCl)NC(=O)c1cccc(S(C)(=O)=O)c1. The third-order valence-electron chi connectivity index (χ3n) is 3.01. The third kappa shape index (κ3) is 4.21. The molecular formula is C13H18ClNO3S. The van der Waals surface area contributed by atoms with Gasteiger partial charge >= 0.3 is 0 Å². The van der Waals surface area contributed by atoms with Gasteiger partial charge in [-0.2, -0.15) is 0 Å². The number of carbonyl (C=O) groups excluding carboxylic acids is 1. The third-order valence-corrected chi connectivity index (χ3v) is 4.72. The molecule has 0 saturated heterocycles. The maximum Gasteiger partial charge on any atom is 0.251 e. The van der Waals surface area contributed by atoms with E-state index in [2.05, 4.69) is 5.32 Å². The van der Waals surface area contributed by atoms with Crippen molar-refractivity contribution >= 4 is 27.3 Å². The van der Waals surface area contributed by atoms with Crippen LogP contribution in [0.5, 0.6) is 0 Å². The first-order valence-corrected chi connectivity index (χ1v) is 8.33. The largest absolute Gasteiger partial charge is 0.346 e. The van der Waals surface area contributed by atoms with Crippen LogP contribution in [0.15, 0.2) is 29.2 Å². The highest BCUT2D eigenvalue weighted by molar-refractivity contribution is 7.90. The van der Waals surface area contributed by atoms with E-state index in [9.17, 15) is 13.2 Å². The molecule has 0 aromatic heterocycles. The number of nitrogens with one attached hydrogen (secondary N) is 1. The number of amides is 1. The lowest BCUT2D eigenvalue weighted by Crippen LogP contribution is -2.47. The molecule has 1 amide bonds. The average molecular weight is 304 g/mol. The Labute approximate surface area is 119 Å². The van der Waals surface area contributed by atoms with Gasteiger partial charge in [-0.25, -0.2) is 8.42 Å². The molecule has 1 rings (SSSR count). The molecule has 0 radical (unpaired) electrons. The van der Waals surface area contributed by atoms with Crippen LogP contribution in [0.4, 0.5) is 0 Å². The zero-order valence-corrected chi connectivity index (χ0v) is 12.8. The number of carbonyl (C=O) groups is 1. The summed E-state index contributed by atoms with van der Waals surface area (Å²) in [4.78, 5) is 12.2. The highest BCUT2D eigenvalue weighted by Gasteiger charge is 2.24. The summed E-state index contributed by atoms with van der Waals surface area (Å²) in [5.74, 6) is -0.0309. The molecule has 1 aromatic carbocycles. The second kappa shape index (κ2) is 5.92. The van der Waals surface area contributed by atoms with Gasteiger partial charge in [0.05, 0.1) is 10.4 Å². The van der Waals surface area contributed by atoms with Crippen LogP contribution < -0.4 is 5.32 Å². The van der Waals surface area contributed by atoms with Crippen LogP contribution in [0.2, 0.25) is 0 Å². The topological polar surface area (TPSA) is 63.2 Å². The van der Waals surface area contributed by atoms with E-state index in [1.54, 1.807) is 12.1 Å². The Morgan fingerprint density at radius 1 is 1.42 bits per heavy atom. The number of hydrogen-bond donors (Lipinski definition) is 1. The van der Waals surface area contributed by atoms with E-state index in [0.717, 1.165) is 6.26 Å². The molecule has 0 bridgehead atoms. The van der Waals surface area contributed by atoms with Crippen molar-refractivity contribution in [3.63, 3.8) is 0 Å². The first-order valence-electron chi connectivity index (χ1n) is 5.90. The molecular weight excluding hydrogens is 286 g/mol. The van der Waals surface area contributed by atoms with E-state index in [1.165, 1.54) is 12.1 Å². The van der Waals surface area contributed by atoms with Crippen LogP contribution in [0.25, 0.3) is 0 Å². The quantitative estimate of drug-likeness (QED) is 0.848. The minimum Gasteiger partial charge on any atom is -0.346 e. The lowest BCUT2D eigenvalue weighted by Gasteiger charge is -2.27. The Balaban J connectivity index is 3.02. The van der Waals surface area contributed by atoms with E-state index in [0.29, 0.717) is 17.9 Å². The normalized spacial score (nSPS) is 14.7. The lowest BCUT2D eigenvalue weighted by atomic mass is 10.0. The fourth-order valence-corrected chi connectivity index (χ4v) is 2.35. The zero-order valence-electron chi connectivity index (χ0n) is 11.2. The van der Waals surface area contributed by atoms with Gasteiger partial charge in [0.1, 0.15) is 0 Å². The van der Waals surface area contributed by atoms with Crippen LogP contribution in [-0.2, 0) is 9.84 Å². The van der Waals surface area contributed by atoms with E-state index in [1.807, 2.05) is 13.8 Å². The van der Waals surface area contributed by atoms with E-state index < -0.39 is 15.4 Å². The number of alkyl halides is 1. The van der Waals surface area contributed by atoms with Gasteiger partial charge in [0.25, 0.3) is 5.91 Å². The summed E-state index contributed by atoms with van der Waals surface area (Å²) in [5, 5.41) is 2.82. The Morgan fingerprint density at radius 3 is 2.53 bits per heavy atom. The number of benzene rings is 1. The molecule has 0 aliphatic heterocycles. The van der Waals surface area contributed by atoms with Crippen molar-refractivity contribution in [1.82, 2.24) is 5.32 Å². The highest BCUT2D eigenvalue weighted by Crippen LogP contribution is 2.15. The summed E-state index contributed by atoms with van der Waals surface area (Å²) in [6.45, 7) is 3.77. The Bertz CT molecular complexity index is 565. The first kappa shape index (κ1) is 16.0. The molecule has 0 fully saturated rings. The number of halogens is 1. The monoisotopic (exact) mass is 303 g/mol. The van der Waals surface area contributed by atoms with Gasteiger partial charge < -0.3 is 5.32 Å². The van der Waals surface area contributed by atoms with Crippen molar-refractivity contribution in [1.29, 1.82) is 0 Å². The molecule has 6 heteroatoms. The molecule has 1 N–H and O–H groups in total. The van der Waals surface area contributed by atoms with Crippen molar-refractivity contribution < 1.29 is 13.2 Å². The van der Waals surface area contributed by atoms with Gasteiger partial charge in [0.2, 0.25) is 0 Å². The van der Waals surface area contributed by atoms with Gasteiger partial charge in [-0.1, -0.05) is 13.0 Å². The highest BCUT2D eigenvalue weighted by atomic mass is 35.5. The molecule has 19 heavy (non-hydrogen) atoms. The number of hydrogen-bond acceptors (Lipinski definition) is 3. The molecule has 0 aliphatic rings. The fraction of sp³-hybridized carbons (Fsp3) is 0.462. The molecule has 4 nitrogen and oxygen atoms in total. The second-order valence-electron chi connectivity index (χ2n) is 4.80. The van der Waals surface area contributed by atoms with Crippen LogP contribution in [0, 0.1) is 0 Å². The van der Waals surface area contributed by atoms with Gasteiger partial charge in [0, 0.05) is 17.7 Å². The van der Waals surface area contributed by atoms with Crippen molar-refractivity contribution in [2.75, 3.05) is 12.1 Å². The molecule has 1 aromatic rings. The Hall–Kier alpha value is -1.07. The number of rotatable bonds is 5. The van der Waals surface area contributed by atoms with Crippen LogP contribution >= 0.6 is 11.6 Å². The molecule has 0 aliphatic carbocycles. The minimum absolute atomic E-state index is 0.129. The van der Waals surface area contributed by atoms with Gasteiger partial charge in [-0.05, 0) is 31.5 Å². The molecule has 0 saturated carbocycles. The Kier molecular flexibility index (Phi) is 4.98. The predicted octanol–water partition coefficient (Wildman–Crippen LogP) is 2.23. The smallest absolute Gasteiger partial charge is 0.251 e. The van der Waals surface area contributed by atoms with Crippen LogP contribution in [-0.4, -0.2) is 32.0 Å². The first-order chi connectivity index (χ1) is 8.72. The zero-order chi connectivity index (χ0) is 14.7. The molecule has 1 unspecified atom stereocenters. The minimum atomic E-state index is -3.32. The fourth-order valence-electron chi connectivity index (χ4n) is 1.43. The molecule has 1 atom stereocenters. The maximum absolute atomic E-state index is 12.1. The molecule has 0 heterocycles. The maximum atomic E-state index is 12.1. The van der Waals surface area contributed by atoms with Gasteiger partial charge in [0.15, 0.2) is 9.84 Å². The summed E-state index contributed by atoms with van der Waals surface area (Å²) in [6, 6.07) is 5.96.